The van der Waals surface area contributed by atoms with E-state index in [1.54, 1.807) is 20.9 Å². The number of likely N-dealkylation sites (N-methyl/N-ethyl adjacent to an activating group) is 1. The zero-order chi connectivity index (χ0) is 21.2. The second-order valence-corrected chi connectivity index (χ2v) is 6.80. The highest BCUT2D eigenvalue weighted by atomic mass is 16.4. The summed E-state index contributed by atoms with van der Waals surface area (Å²) in [4.78, 5) is 45.5. The van der Waals surface area contributed by atoms with Crippen molar-refractivity contribution in [2.45, 2.75) is 63.7 Å². The van der Waals surface area contributed by atoms with Crippen LogP contribution in [0.3, 0.4) is 0 Å². The quantitative estimate of drug-likeness (QED) is 0.203. The SMILES string of the molecule is CNC(C)(C)C(N)C(=O)NCCCCC(NC(=O)NC(C)C(=O)O)C(=O)O. The van der Waals surface area contributed by atoms with Gasteiger partial charge in [-0.1, -0.05) is 0 Å². The molecule has 11 heteroatoms. The Balaban J connectivity index is 4.27. The van der Waals surface area contributed by atoms with Gasteiger partial charge in [0, 0.05) is 12.1 Å². The minimum absolute atomic E-state index is 0.133. The van der Waals surface area contributed by atoms with E-state index in [0.717, 1.165) is 0 Å². The molecule has 3 unspecified atom stereocenters. The molecule has 0 aromatic carbocycles. The Labute approximate surface area is 158 Å². The third kappa shape index (κ3) is 9.20. The second-order valence-electron chi connectivity index (χ2n) is 6.80. The molecule has 11 nitrogen and oxygen atoms in total. The smallest absolute Gasteiger partial charge is 0.326 e. The lowest BCUT2D eigenvalue weighted by molar-refractivity contribution is -0.139. The molecule has 0 aromatic rings. The van der Waals surface area contributed by atoms with E-state index >= 15 is 0 Å². The van der Waals surface area contributed by atoms with Crippen LogP contribution in [-0.4, -0.2) is 71.3 Å². The standard InChI is InChI=1S/C16H31N5O6/c1-9(13(23)24)20-15(27)21-10(14(25)26)7-5-6-8-19-12(22)11(17)16(2,3)18-4/h9-11,18H,5-8,17H2,1-4H3,(H,19,22)(H,23,24)(H,25,26)(H2,20,21,27). The highest BCUT2D eigenvalue weighted by Crippen LogP contribution is 2.06. The fourth-order valence-electron chi connectivity index (χ4n) is 1.99. The molecule has 0 fully saturated rings. The largest absolute Gasteiger partial charge is 0.480 e. The fourth-order valence-corrected chi connectivity index (χ4v) is 1.99. The first-order chi connectivity index (χ1) is 12.4. The first kappa shape index (κ1) is 24.6. The molecule has 0 aliphatic heterocycles. The lowest BCUT2D eigenvalue weighted by atomic mass is 9.95. The van der Waals surface area contributed by atoms with Gasteiger partial charge in [-0.2, -0.15) is 0 Å². The number of amides is 3. The van der Waals surface area contributed by atoms with Crippen molar-refractivity contribution in [1.29, 1.82) is 0 Å². The van der Waals surface area contributed by atoms with Gasteiger partial charge >= 0.3 is 18.0 Å². The molecule has 156 valence electrons. The number of rotatable bonds is 12. The molecule has 0 saturated carbocycles. The topological polar surface area (TPSA) is 183 Å². The van der Waals surface area contributed by atoms with Crippen molar-refractivity contribution in [2.75, 3.05) is 13.6 Å². The van der Waals surface area contributed by atoms with E-state index in [9.17, 15) is 19.2 Å². The molecule has 8 N–H and O–H groups in total. The molecule has 0 rings (SSSR count). The number of nitrogens with one attached hydrogen (secondary N) is 4. The van der Waals surface area contributed by atoms with Crippen LogP contribution in [0, 0.1) is 0 Å². The average molecular weight is 389 g/mol. The molecule has 0 aromatic heterocycles. The third-order valence-electron chi connectivity index (χ3n) is 4.24. The highest BCUT2D eigenvalue weighted by molar-refractivity contribution is 5.85. The third-order valence-corrected chi connectivity index (χ3v) is 4.24. The maximum atomic E-state index is 12.0. The number of hydrogen-bond acceptors (Lipinski definition) is 6. The predicted molar refractivity (Wildman–Crippen MR) is 98.2 cm³/mol. The van der Waals surface area contributed by atoms with Gasteiger partial charge in [-0.15, -0.1) is 0 Å². The first-order valence-electron chi connectivity index (χ1n) is 8.67. The van der Waals surface area contributed by atoms with Gasteiger partial charge in [-0.25, -0.2) is 9.59 Å². The van der Waals surface area contributed by atoms with Crippen molar-refractivity contribution >= 4 is 23.9 Å². The fraction of sp³-hybridized carbons (Fsp3) is 0.750. The average Bonchev–Trinajstić information content (AvgIpc) is 2.58. The summed E-state index contributed by atoms with van der Waals surface area (Å²) >= 11 is 0. The highest BCUT2D eigenvalue weighted by Gasteiger charge is 2.30. The zero-order valence-corrected chi connectivity index (χ0v) is 16.2. The lowest BCUT2D eigenvalue weighted by Gasteiger charge is -2.30. The molecule has 0 bridgehead atoms. The Morgan fingerprint density at radius 1 is 1.04 bits per heavy atom. The molecule has 0 aliphatic rings. The molecular formula is C16H31N5O6. The van der Waals surface area contributed by atoms with Gasteiger partial charge in [0.1, 0.15) is 18.1 Å². The molecule has 0 aliphatic carbocycles. The van der Waals surface area contributed by atoms with Crippen molar-refractivity contribution in [3.05, 3.63) is 0 Å². The summed E-state index contributed by atoms with van der Waals surface area (Å²) in [6, 6.07) is -3.91. The van der Waals surface area contributed by atoms with Gasteiger partial charge in [0.15, 0.2) is 0 Å². The van der Waals surface area contributed by atoms with Crippen molar-refractivity contribution in [2.24, 2.45) is 5.73 Å². The van der Waals surface area contributed by atoms with Crippen molar-refractivity contribution < 1.29 is 29.4 Å². The molecule has 0 heterocycles. The summed E-state index contributed by atoms with van der Waals surface area (Å²) in [6.45, 7) is 5.19. The number of nitrogens with two attached hydrogens (primary N) is 1. The summed E-state index contributed by atoms with van der Waals surface area (Å²) in [6.07, 6.45) is 1.06. The Hall–Kier alpha value is -2.40. The number of carbonyl (C=O) groups excluding carboxylic acids is 2. The van der Waals surface area contributed by atoms with Gasteiger partial charge in [0.2, 0.25) is 5.91 Å². The van der Waals surface area contributed by atoms with Crippen molar-refractivity contribution in [3.63, 3.8) is 0 Å². The Morgan fingerprint density at radius 3 is 2.11 bits per heavy atom. The van der Waals surface area contributed by atoms with E-state index in [1.807, 2.05) is 0 Å². The van der Waals surface area contributed by atoms with E-state index in [1.165, 1.54) is 6.92 Å². The van der Waals surface area contributed by atoms with Gasteiger partial charge in [0.25, 0.3) is 0 Å². The molecule has 3 amide bonds. The van der Waals surface area contributed by atoms with Crippen molar-refractivity contribution in [1.82, 2.24) is 21.3 Å². The van der Waals surface area contributed by atoms with Crippen LogP contribution in [0.5, 0.6) is 0 Å². The number of aliphatic carboxylic acids is 2. The Bertz CT molecular complexity index is 539. The summed E-state index contributed by atoms with van der Waals surface area (Å²) in [5.41, 5.74) is 5.31. The number of carboxylic acids is 2. The minimum Gasteiger partial charge on any atom is -0.480 e. The Kier molecular flexibility index (Phi) is 10.3. The summed E-state index contributed by atoms with van der Waals surface area (Å²) in [5.74, 6) is -2.77. The van der Waals surface area contributed by atoms with Crippen LogP contribution >= 0.6 is 0 Å². The van der Waals surface area contributed by atoms with Crippen LogP contribution in [0.1, 0.15) is 40.0 Å². The van der Waals surface area contributed by atoms with Crippen LogP contribution in [-0.2, 0) is 14.4 Å². The molecule has 0 spiro atoms. The molecule has 3 atom stereocenters. The van der Waals surface area contributed by atoms with Crippen LogP contribution in [0.4, 0.5) is 4.79 Å². The number of urea groups is 1. The predicted octanol–water partition coefficient (Wildman–Crippen LogP) is -1.18. The van der Waals surface area contributed by atoms with Crippen LogP contribution in [0.2, 0.25) is 0 Å². The van der Waals surface area contributed by atoms with Gasteiger partial charge < -0.3 is 37.2 Å². The molecule has 0 saturated heterocycles. The van der Waals surface area contributed by atoms with E-state index in [2.05, 4.69) is 21.3 Å². The number of hydrogen-bond donors (Lipinski definition) is 7. The lowest BCUT2D eigenvalue weighted by Crippen LogP contribution is -2.59. The van der Waals surface area contributed by atoms with Crippen LogP contribution in [0.25, 0.3) is 0 Å². The number of carbonyl (C=O) groups is 4. The van der Waals surface area contributed by atoms with E-state index in [0.29, 0.717) is 19.4 Å². The monoisotopic (exact) mass is 389 g/mol. The maximum absolute atomic E-state index is 12.0. The number of unbranched alkanes of at least 4 members (excludes halogenated alkanes) is 1. The summed E-state index contributed by atoms with van der Waals surface area (Å²) in [5, 5.41) is 27.9. The van der Waals surface area contributed by atoms with Crippen molar-refractivity contribution in [3.8, 4) is 0 Å². The molecule has 0 radical (unpaired) electrons. The summed E-state index contributed by atoms with van der Waals surface area (Å²) < 4.78 is 0. The number of carboxylic acid groups (broad SMARTS) is 2. The zero-order valence-electron chi connectivity index (χ0n) is 16.2. The first-order valence-corrected chi connectivity index (χ1v) is 8.67. The Morgan fingerprint density at radius 2 is 1.63 bits per heavy atom. The molecular weight excluding hydrogens is 358 g/mol. The van der Waals surface area contributed by atoms with E-state index in [4.69, 9.17) is 15.9 Å². The summed E-state index contributed by atoms with van der Waals surface area (Å²) in [7, 11) is 1.71. The van der Waals surface area contributed by atoms with E-state index in [-0.39, 0.29) is 12.3 Å². The minimum atomic E-state index is -1.23. The van der Waals surface area contributed by atoms with Gasteiger partial charge in [0.05, 0.1) is 0 Å². The van der Waals surface area contributed by atoms with E-state index < -0.39 is 41.6 Å². The second kappa shape index (κ2) is 11.3. The van der Waals surface area contributed by atoms with Crippen LogP contribution < -0.4 is 27.0 Å². The van der Waals surface area contributed by atoms with Gasteiger partial charge in [-0.3, -0.25) is 9.59 Å². The molecule has 27 heavy (non-hydrogen) atoms. The normalized spacial score (nSPS) is 14.6. The maximum Gasteiger partial charge on any atom is 0.326 e. The van der Waals surface area contributed by atoms with Crippen LogP contribution in [0.15, 0.2) is 0 Å². The van der Waals surface area contributed by atoms with Gasteiger partial charge in [-0.05, 0) is 47.1 Å².